The minimum Gasteiger partial charge on any atom is -0.490 e. The molecule has 0 aromatic heterocycles. The van der Waals surface area contributed by atoms with Gasteiger partial charge in [0.05, 0.1) is 16.7 Å². The van der Waals surface area contributed by atoms with E-state index in [1.165, 1.54) is 12.1 Å². The zero-order valence-electron chi connectivity index (χ0n) is 17.5. The molecular weight excluding hydrogens is 468 g/mol. The van der Waals surface area contributed by atoms with E-state index in [9.17, 15) is 9.18 Å². The van der Waals surface area contributed by atoms with Gasteiger partial charge in [-0.05, 0) is 66.6 Å². The summed E-state index contributed by atoms with van der Waals surface area (Å²) in [7, 11) is 0. The Bertz CT molecular complexity index is 1270. The van der Waals surface area contributed by atoms with Crippen LogP contribution in [0.5, 0.6) is 11.5 Å². The van der Waals surface area contributed by atoms with Crippen LogP contribution in [0.25, 0.3) is 6.08 Å². The Morgan fingerprint density at radius 2 is 1.85 bits per heavy atom. The number of benzene rings is 3. The van der Waals surface area contributed by atoms with E-state index in [-0.39, 0.29) is 24.0 Å². The van der Waals surface area contributed by atoms with E-state index in [0.29, 0.717) is 44.8 Å². The van der Waals surface area contributed by atoms with Gasteiger partial charge >= 0.3 is 5.97 Å². The quantitative estimate of drug-likeness (QED) is 0.284. The second kappa shape index (κ2) is 10.1. The molecule has 0 saturated carbocycles. The van der Waals surface area contributed by atoms with E-state index in [2.05, 4.69) is 4.99 Å². The number of nitrogens with zero attached hydrogens (tertiary/aromatic N) is 1. The number of cyclic esters (lactones) is 1. The number of halogens is 3. The first kappa shape index (κ1) is 22.8. The lowest BCUT2D eigenvalue weighted by Gasteiger charge is -2.13. The largest absolute Gasteiger partial charge is 0.490 e. The van der Waals surface area contributed by atoms with Gasteiger partial charge in [0, 0.05) is 5.56 Å². The Morgan fingerprint density at radius 1 is 1.00 bits per heavy atom. The van der Waals surface area contributed by atoms with E-state index in [4.69, 9.17) is 37.4 Å². The average Bonchev–Trinajstić information content (AvgIpc) is 3.15. The zero-order chi connectivity index (χ0) is 23.4. The highest BCUT2D eigenvalue weighted by Crippen LogP contribution is 2.31. The highest BCUT2D eigenvalue weighted by atomic mass is 35.5. The van der Waals surface area contributed by atoms with Gasteiger partial charge in [0.1, 0.15) is 12.4 Å². The SMILES string of the molecule is CCOc1cc(C=C2N=C(c3ccc(Cl)c(Cl)c3)OC2=O)ccc1OCc1cccc(F)c1. The standard InChI is InChI=1S/C25H18Cl2FNO4/c1-2-31-23-12-15(6-9-22(23)32-14-16-4-3-5-18(28)10-16)11-21-25(30)33-24(29-21)17-7-8-19(26)20(27)13-17/h3-13H,2,14H2,1H3. The van der Waals surface area contributed by atoms with Crippen molar-refractivity contribution < 1.29 is 23.4 Å². The Kier molecular flexibility index (Phi) is 6.96. The summed E-state index contributed by atoms with van der Waals surface area (Å²) >= 11 is 12.0. The zero-order valence-corrected chi connectivity index (χ0v) is 19.0. The molecule has 3 aromatic rings. The highest BCUT2D eigenvalue weighted by molar-refractivity contribution is 6.42. The molecule has 0 N–H and O–H groups in total. The first-order valence-electron chi connectivity index (χ1n) is 10.0. The van der Waals surface area contributed by atoms with Gasteiger partial charge in [0.25, 0.3) is 0 Å². The Balaban J connectivity index is 1.56. The first-order valence-corrected chi connectivity index (χ1v) is 10.8. The van der Waals surface area contributed by atoms with Crippen LogP contribution in [0.4, 0.5) is 4.39 Å². The number of aliphatic imine (C=N–C) groups is 1. The topological polar surface area (TPSA) is 57.1 Å². The third kappa shape index (κ3) is 5.53. The summed E-state index contributed by atoms with van der Waals surface area (Å²) in [6.07, 6.45) is 1.59. The van der Waals surface area contributed by atoms with E-state index >= 15 is 0 Å². The lowest BCUT2D eigenvalue weighted by molar-refractivity contribution is -0.129. The van der Waals surface area contributed by atoms with Gasteiger partial charge in [-0.15, -0.1) is 0 Å². The maximum atomic E-state index is 13.4. The summed E-state index contributed by atoms with van der Waals surface area (Å²) in [5, 5.41) is 0.727. The molecule has 0 bridgehead atoms. The van der Waals surface area contributed by atoms with Gasteiger partial charge in [0.2, 0.25) is 5.90 Å². The van der Waals surface area contributed by atoms with Gasteiger partial charge < -0.3 is 14.2 Å². The fourth-order valence-corrected chi connectivity index (χ4v) is 3.41. The van der Waals surface area contributed by atoms with E-state index in [1.807, 2.05) is 6.92 Å². The molecule has 0 atom stereocenters. The molecule has 0 unspecified atom stereocenters. The van der Waals surface area contributed by atoms with Gasteiger partial charge in [-0.3, -0.25) is 0 Å². The van der Waals surface area contributed by atoms with Gasteiger partial charge in [-0.25, -0.2) is 14.2 Å². The second-order valence-corrected chi connectivity index (χ2v) is 7.84. The lowest BCUT2D eigenvalue weighted by Crippen LogP contribution is -2.05. The summed E-state index contributed by atoms with van der Waals surface area (Å²) in [4.78, 5) is 16.6. The number of carbonyl (C=O) groups is 1. The molecule has 0 fully saturated rings. The first-order chi connectivity index (χ1) is 15.9. The van der Waals surface area contributed by atoms with Crippen LogP contribution in [0.1, 0.15) is 23.6 Å². The number of hydrogen-bond acceptors (Lipinski definition) is 5. The summed E-state index contributed by atoms with van der Waals surface area (Å²) in [6, 6.07) is 16.3. The molecule has 1 aliphatic heterocycles. The Morgan fingerprint density at radius 3 is 2.61 bits per heavy atom. The van der Waals surface area contributed by atoms with Crippen LogP contribution >= 0.6 is 23.2 Å². The number of esters is 1. The maximum Gasteiger partial charge on any atom is 0.363 e. The van der Waals surface area contributed by atoms with E-state index in [0.717, 1.165) is 0 Å². The van der Waals surface area contributed by atoms with Gasteiger partial charge in [-0.2, -0.15) is 0 Å². The van der Waals surface area contributed by atoms with Crippen molar-refractivity contribution in [2.75, 3.05) is 6.61 Å². The molecular formula is C25H18Cl2FNO4. The monoisotopic (exact) mass is 485 g/mol. The molecule has 0 amide bonds. The number of carbonyl (C=O) groups excluding carboxylic acids is 1. The molecule has 4 rings (SSSR count). The van der Waals surface area contributed by atoms with Crippen LogP contribution in [-0.2, 0) is 16.1 Å². The second-order valence-electron chi connectivity index (χ2n) is 7.02. The minimum absolute atomic E-state index is 0.131. The predicted octanol–water partition coefficient (Wildman–Crippen LogP) is 6.45. The lowest BCUT2D eigenvalue weighted by atomic mass is 10.1. The van der Waals surface area contributed by atoms with Crippen molar-refractivity contribution in [1.29, 1.82) is 0 Å². The number of rotatable bonds is 7. The molecule has 8 heteroatoms. The fraction of sp³-hybridized carbons (Fsp3) is 0.120. The summed E-state index contributed by atoms with van der Waals surface area (Å²) in [5.41, 5.74) is 2.04. The number of ether oxygens (including phenoxy) is 3. The third-order valence-electron chi connectivity index (χ3n) is 4.64. The molecule has 33 heavy (non-hydrogen) atoms. The van der Waals surface area contributed by atoms with Crippen molar-refractivity contribution in [3.05, 3.63) is 98.9 Å². The van der Waals surface area contributed by atoms with Crippen molar-refractivity contribution >= 4 is 41.1 Å². The molecule has 5 nitrogen and oxygen atoms in total. The maximum absolute atomic E-state index is 13.4. The van der Waals surface area contributed by atoms with Gasteiger partial charge in [0.15, 0.2) is 17.2 Å². The molecule has 3 aromatic carbocycles. The predicted molar refractivity (Wildman–Crippen MR) is 125 cm³/mol. The van der Waals surface area contributed by atoms with Crippen LogP contribution in [0.3, 0.4) is 0 Å². The molecule has 0 aliphatic carbocycles. The summed E-state index contributed by atoms with van der Waals surface area (Å²) < 4.78 is 30.2. The van der Waals surface area contributed by atoms with Crippen LogP contribution in [0, 0.1) is 5.82 Å². The molecule has 1 heterocycles. The Hall–Kier alpha value is -3.35. The average molecular weight is 486 g/mol. The smallest absolute Gasteiger partial charge is 0.363 e. The number of hydrogen-bond donors (Lipinski definition) is 0. The normalized spacial score (nSPS) is 14.2. The van der Waals surface area contributed by atoms with Gasteiger partial charge in [-0.1, -0.05) is 41.4 Å². The van der Waals surface area contributed by atoms with Crippen LogP contribution in [0.2, 0.25) is 10.0 Å². The summed E-state index contributed by atoms with van der Waals surface area (Å²) in [6.45, 7) is 2.45. The third-order valence-corrected chi connectivity index (χ3v) is 5.38. The molecule has 0 radical (unpaired) electrons. The molecule has 0 spiro atoms. The summed E-state index contributed by atoms with van der Waals surface area (Å²) in [5.74, 6) is 0.221. The van der Waals surface area contributed by atoms with E-state index in [1.54, 1.807) is 54.6 Å². The van der Waals surface area contributed by atoms with Crippen LogP contribution in [-0.4, -0.2) is 18.5 Å². The highest BCUT2D eigenvalue weighted by Gasteiger charge is 2.24. The Labute approximate surface area is 200 Å². The van der Waals surface area contributed by atoms with Crippen LogP contribution < -0.4 is 9.47 Å². The van der Waals surface area contributed by atoms with Crippen LogP contribution in [0.15, 0.2) is 71.4 Å². The van der Waals surface area contributed by atoms with Crippen molar-refractivity contribution in [1.82, 2.24) is 0 Å². The molecule has 168 valence electrons. The molecule has 1 aliphatic rings. The minimum atomic E-state index is -0.583. The van der Waals surface area contributed by atoms with Crippen molar-refractivity contribution in [3.8, 4) is 11.5 Å². The van der Waals surface area contributed by atoms with Crippen molar-refractivity contribution in [3.63, 3.8) is 0 Å². The van der Waals surface area contributed by atoms with Crippen molar-refractivity contribution in [2.24, 2.45) is 4.99 Å². The van der Waals surface area contributed by atoms with Crippen molar-refractivity contribution in [2.45, 2.75) is 13.5 Å². The molecule has 0 saturated heterocycles. The fourth-order valence-electron chi connectivity index (χ4n) is 3.11. The van der Waals surface area contributed by atoms with E-state index < -0.39 is 5.97 Å².